The smallest absolute Gasteiger partial charge is 0.325 e. The summed E-state index contributed by atoms with van der Waals surface area (Å²) in [5.74, 6) is -0.857. The van der Waals surface area contributed by atoms with Crippen molar-refractivity contribution in [2.75, 3.05) is 0 Å². The second-order valence-corrected chi connectivity index (χ2v) is 5.06. The Bertz CT molecular complexity index is 496. The van der Waals surface area contributed by atoms with Crippen LogP contribution >= 0.6 is 11.3 Å². The predicted molar refractivity (Wildman–Crippen MR) is 72.7 cm³/mol. The van der Waals surface area contributed by atoms with Crippen molar-refractivity contribution in [3.8, 4) is 0 Å². The van der Waals surface area contributed by atoms with Crippen molar-refractivity contribution in [3.05, 3.63) is 58.3 Å². The van der Waals surface area contributed by atoms with E-state index in [1.807, 2.05) is 54.8 Å². The first-order valence-corrected chi connectivity index (χ1v) is 6.63. The van der Waals surface area contributed by atoms with Gasteiger partial charge in [-0.25, -0.2) is 0 Å². The zero-order chi connectivity index (χ0) is 13.0. The normalized spacial score (nSPS) is 14.1. The van der Waals surface area contributed by atoms with Crippen molar-refractivity contribution in [2.24, 2.45) is 0 Å². The number of benzene rings is 1. The summed E-state index contributed by atoms with van der Waals surface area (Å²) in [5, 5.41) is 14.5. The minimum absolute atomic E-state index is 0.0197. The average molecular weight is 261 g/mol. The minimum Gasteiger partial charge on any atom is -0.480 e. The Kier molecular flexibility index (Phi) is 4.12. The number of carboxylic acids is 1. The van der Waals surface area contributed by atoms with Crippen LogP contribution in [0.1, 0.15) is 29.4 Å². The molecule has 1 heterocycles. The van der Waals surface area contributed by atoms with E-state index < -0.39 is 12.0 Å². The Morgan fingerprint density at radius 1 is 1.22 bits per heavy atom. The molecule has 0 amide bonds. The maximum Gasteiger partial charge on any atom is 0.325 e. The molecule has 0 aliphatic carbocycles. The van der Waals surface area contributed by atoms with E-state index in [0.29, 0.717) is 0 Å². The van der Waals surface area contributed by atoms with Gasteiger partial charge in [0.25, 0.3) is 0 Å². The first-order valence-electron chi connectivity index (χ1n) is 5.75. The number of thiophene rings is 1. The average Bonchev–Trinajstić information content (AvgIpc) is 2.90. The van der Waals surface area contributed by atoms with Crippen molar-refractivity contribution in [3.63, 3.8) is 0 Å². The van der Waals surface area contributed by atoms with Gasteiger partial charge in [-0.05, 0) is 23.9 Å². The van der Waals surface area contributed by atoms with Gasteiger partial charge in [0, 0.05) is 10.9 Å². The highest BCUT2D eigenvalue weighted by Crippen LogP contribution is 2.23. The van der Waals surface area contributed by atoms with Crippen LogP contribution in [0.25, 0.3) is 0 Å². The van der Waals surface area contributed by atoms with E-state index in [2.05, 4.69) is 5.32 Å². The zero-order valence-electron chi connectivity index (χ0n) is 10.0. The maximum atomic E-state index is 11.3. The molecule has 0 saturated carbocycles. The first-order chi connectivity index (χ1) is 8.68. The lowest BCUT2D eigenvalue weighted by Gasteiger charge is -2.19. The first kappa shape index (κ1) is 12.8. The van der Waals surface area contributed by atoms with Crippen LogP contribution in [-0.4, -0.2) is 11.1 Å². The number of nitrogens with one attached hydrogen (secondary N) is 1. The molecular weight excluding hydrogens is 246 g/mol. The molecule has 1 aromatic carbocycles. The summed E-state index contributed by atoms with van der Waals surface area (Å²) in [7, 11) is 0. The Hall–Kier alpha value is -1.65. The van der Waals surface area contributed by atoms with Gasteiger partial charge in [0.15, 0.2) is 0 Å². The fraction of sp³-hybridized carbons (Fsp3) is 0.214. The lowest BCUT2D eigenvalue weighted by atomic mass is 10.1. The molecule has 2 atom stereocenters. The SMILES string of the molecule is C[C@@H](NC(C(=O)O)c1ccccc1)c1cccs1. The van der Waals surface area contributed by atoms with Crippen molar-refractivity contribution < 1.29 is 9.90 Å². The van der Waals surface area contributed by atoms with Gasteiger partial charge < -0.3 is 5.11 Å². The third-order valence-corrected chi connectivity index (χ3v) is 3.82. The number of rotatable bonds is 5. The fourth-order valence-corrected chi connectivity index (χ4v) is 2.57. The van der Waals surface area contributed by atoms with Crippen LogP contribution in [0.2, 0.25) is 0 Å². The molecule has 94 valence electrons. The number of hydrogen-bond acceptors (Lipinski definition) is 3. The molecule has 18 heavy (non-hydrogen) atoms. The minimum atomic E-state index is -0.857. The Morgan fingerprint density at radius 3 is 2.50 bits per heavy atom. The molecule has 3 nitrogen and oxygen atoms in total. The summed E-state index contributed by atoms with van der Waals surface area (Å²) < 4.78 is 0. The van der Waals surface area contributed by atoms with Crippen LogP contribution in [-0.2, 0) is 4.79 Å². The van der Waals surface area contributed by atoms with Gasteiger partial charge in [-0.3, -0.25) is 10.1 Å². The van der Waals surface area contributed by atoms with Crippen molar-refractivity contribution >= 4 is 17.3 Å². The number of hydrogen-bond donors (Lipinski definition) is 2. The van der Waals surface area contributed by atoms with E-state index in [1.165, 1.54) is 0 Å². The second-order valence-electron chi connectivity index (χ2n) is 4.09. The molecule has 4 heteroatoms. The summed E-state index contributed by atoms with van der Waals surface area (Å²) in [6, 6.07) is 12.5. The number of carbonyl (C=O) groups is 1. The van der Waals surface area contributed by atoms with Crippen LogP contribution < -0.4 is 5.32 Å². The molecule has 2 N–H and O–H groups in total. The Balaban J connectivity index is 2.15. The highest BCUT2D eigenvalue weighted by atomic mass is 32.1. The molecule has 0 bridgehead atoms. The zero-order valence-corrected chi connectivity index (χ0v) is 10.9. The molecule has 0 spiro atoms. The summed E-state index contributed by atoms with van der Waals surface area (Å²) in [4.78, 5) is 12.5. The Labute approximate surface area is 110 Å². The molecule has 1 aromatic heterocycles. The van der Waals surface area contributed by atoms with Crippen LogP contribution in [0.3, 0.4) is 0 Å². The maximum absolute atomic E-state index is 11.3. The van der Waals surface area contributed by atoms with E-state index >= 15 is 0 Å². The molecule has 0 aliphatic rings. The topological polar surface area (TPSA) is 49.3 Å². The van der Waals surface area contributed by atoms with E-state index in [9.17, 15) is 9.90 Å². The van der Waals surface area contributed by atoms with Crippen molar-refractivity contribution in [2.45, 2.75) is 19.0 Å². The summed E-state index contributed by atoms with van der Waals surface area (Å²) in [6.45, 7) is 1.98. The fourth-order valence-electron chi connectivity index (χ4n) is 1.83. The van der Waals surface area contributed by atoms with E-state index in [1.54, 1.807) is 11.3 Å². The van der Waals surface area contributed by atoms with Gasteiger partial charge in [-0.1, -0.05) is 36.4 Å². The molecule has 2 aromatic rings. The third-order valence-electron chi connectivity index (χ3n) is 2.77. The second kappa shape index (κ2) is 5.80. The highest BCUT2D eigenvalue weighted by molar-refractivity contribution is 7.10. The molecule has 2 rings (SSSR count). The van der Waals surface area contributed by atoms with Crippen LogP contribution in [0.15, 0.2) is 47.8 Å². The number of aliphatic carboxylic acids is 1. The van der Waals surface area contributed by atoms with Gasteiger partial charge in [0.2, 0.25) is 0 Å². The summed E-state index contributed by atoms with van der Waals surface area (Å²) in [6.07, 6.45) is 0. The summed E-state index contributed by atoms with van der Waals surface area (Å²) in [5.41, 5.74) is 0.772. The van der Waals surface area contributed by atoms with Crippen LogP contribution in [0.5, 0.6) is 0 Å². The van der Waals surface area contributed by atoms with Gasteiger partial charge in [-0.15, -0.1) is 11.3 Å². The van der Waals surface area contributed by atoms with Gasteiger partial charge in [-0.2, -0.15) is 0 Å². The monoisotopic (exact) mass is 261 g/mol. The van der Waals surface area contributed by atoms with Gasteiger partial charge >= 0.3 is 5.97 Å². The lowest BCUT2D eigenvalue weighted by molar-refractivity contribution is -0.139. The van der Waals surface area contributed by atoms with E-state index in [-0.39, 0.29) is 6.04 Å². The van der Waals surface area contributed by atoms with Crippen molar-refractivity contribution in [1.29, 1.82) is 0 Å². The predicted octanol–water partition coefficient (Wildman–Crippen LogP) is 3.22. The molecular formula is C14H15NO2S. The van der Waals surface area contributed by atoms with Crippen molar-refractivity contribution in [1.82, 2.24) is 5.32 Å². The van der Waals surface area contributed by atoms with Crippen LogP contribution in [0, 0.1) is 0 Å². The molecule has 1 unspecified atom stereocenters. The largest absolute Gasteiger partial charge is 0.480 e. The summed E-state index contributed by atoms with van der Waals surface area (Å²) >= 11 is 1.62. The Morgan fingerprint density at radius 2 is 1.94 bits per heavy atom. The van der Waals surface area contributed by atoms with E-state index in [4.69, 9.17) is 0 Å². The quantitative estimate of drug-likeness (QED) is 0.868. The standard InChI is InChI=1S/C14H15NO2S/c1-10(12-8-5-9-18-12)15-13(14(16)17)11-6-3-2-4-7-11/h2-10,13,15H,1H3,(H,16,17)/t10-,13?/m1/s1. The van der Waals surface area contributed by atoms with Gasteiger partial charge in [0.1, 0.15) is 6.04 Å². The molecule has 0 aliphatic heterocycles. The molecule has 0 fully saturated rings. The van der Waals surface area contributed by atoms with Crippen LogP contribution in [0.4, 0.5) is 0 Å². The molecule has 0 saturated heterocycles. The molecule has 0 radical (unpaired) electrons. The van der Waals surface area contributed by atoms with E-state index in [0.717, 1.165) is 10.4 Å². The highest BCUT2D eigenvalue weighted by Gasteiger charge is 2.22. The van der Waals surface area contributed by atoms with Gasteiger partial charge in [0.05, 0.1) is 0 Å². The third kappa shape index (κ3) is 2.97. The number of carboxylic acid groups (broad SMARTS) is 1. The lowest BCUT2D eigenvalue weighted by Crippen LogP contribution is -2.30.